The van der Waals surface area contributed by atoms with Crippen LogP contribution in [-0.4, -0.2) is 38.3 Å². The summed E-state index contributed by atoms with van der Waals surface area (Å²) in [6.07, 6.45) is 2.86. The summed E-state index contributed by atoms with van der Waals surface area (Å²) >= 11 is 3.44. The summed E-state index contributed by atoms with van der Waals surface area (Å²) in [6, 6.07) is 8.66. The van der Waals surface area contributed by atoms with Crippen LogP contribution in [0.1, 0.15) is 36.0 Å². The molecule has 0 saturated carbocycles. The van der Waals surface area contributed by atoms with E-state index in [0.717, 1.165) is 40.5 Å². The number of sulfonamides is 1. The molecule has 0 radical (unpaired) electrons. The van der Waals surface area contributed by atoms with Crippen molar-refractivity contribution in [3.05, 3.63) is 51.5 Å². The third-order valence-electron chi connectivity index (χ3n) is 5.22. The molecule has 1 heterocycles. The Labute approximate surface area is 186 Å². The van der Waals surface area contributed by atoms with Crippen LogP contribution in [-0.2, 0) is 14.8 Å². The molecule has 162 valence electrons. The minimum Gasteiger partial charge on any atom is -0.483 e. The molecule has 2 aromatic rings. The molecule has 1 amide bonds. The number of nitrogens with zero attached hydrogens (tertiary/aromatic N) is 1. The molecule has 30 heavy (non-hydrogen) atoms. The number of anilines is 1. The number of piperidine rings is 1. The quantitative estimate of drug-likeness (QED) is 0.638. The van der Waals surface area contributed by atoms with Crippen molar-refractivity contribution in [2.24, 2.45) is 0 Å². The predicted octanol–water partition coefficient (Wildman–Crippen LogP) is 4.57. The molecule has 0 aliphatic carbocycles. The van der Waals surface area contributed by atoms with Gasteiger partial charge in [-0.2, -0.15) is 4.31 Å². The van der Waals surface area contributed by atoms with Crippen LogP contribution in [0, 0.1) is 20.8 Å². The lowest BCUT2D eigenvalue weighted by atomic mass is 10.1. The minimum absolute atomic E-state index is 0.159. The molecule has 6 nitrogen and oxygen atoms in total. The smallest absolute Gasteiger partial charge is 0.262 e. The first kappa shape index (κ1) is 22.8. The lowest BCUT2D eigenvalue weighted by Gasteiger charge is -2.26. The Bertz CT molecular complexity index is 1020. The number of rotatable bonds is 6. The van der Waals surface area contributed by atoms with E-state index >= 15 is 0 Å². The fourth-order valence-electron chi connectivity index (χ4n) is 3.63. The minimum atomic E-state index is -3.49. The van der Waals surface area contributed by atoms with Crippen LogP contribution in [0.5, 0.6) is 5.75 Å². The molecule has 1 fully saturated rings. The summed E-state index contributed by atoms with van der Waals surface area (Å²) in [5.41, 5.74) is 3.36. The van der Waals surface area contributed by atoms with Gasteiger partial charge in [-0.25, -0.2) is 8.42 Å². The van der Waals surface area contributed by atoms with Crippen molar-refractivity contribution in [2.45, 2.75) is 44.9 Å². The number of carbonyl (C=O) groups is 1. The highest BCUT2D eigenvalue weighted by molar-refractivity contribution is 9.10. The zero-order valence-electron chi connectivity index (χ0n) is 17.5. The van der Waals surface area contributed by atoms with Gasteiger partial charge in [0.25, 0.3) is 5.91 Å². The van der Waals surface area contributed by atoms with Crippen molar-refractivity contribution in [1.29, 1.82) is 0 Å². The van der Waals surface area contributed by atoms with E-state index < -0.39 is 10.0 Å². The van der Waals surface area contributed by atoms with Gasteiger partial charge in [-0.05, 0) is 80.6 Å². The average molecular weight is 495 g/mol. The maximum atomic E-state index is 12.8. The maximum Gasteiger partial charge on any atom is 0.262 e. The standard InChI is InChI=1S/C22H27BrN2O4S/c1-15-13-19(30(27,28)25-9-5-4-6-10-25)7-8-20(15)29-14-21(26)24-22-16(2)11-18(23)12-17(22)3/h7-8,11-13H,4-6,9-10,14H2,1-3H3,(H,24,26). The number of hydrogen-bond acceptors (Lipinski definition) is 4. The van der Waals surface area contributed by atoms with Crippen LogP contribution in [0.2, 0.25) is 0 Å². The molecule has 0 bridgehead atoms. The van der Waals surface area contributed by atoms with Gasteiger partial charge in [-0.15, -0.1) is 0 Å². The summed E-state index contributed by atoms with van der Waals surface area (Å²) in [7, 11) is -3.49. The summed E-state index contributed by atoms with van der Waals surface area (Å²) < 4.78 is 33.8. The van der Waals surface area contributed by atoms with Gasteiger partial charge in [0.1, 0.15) is 5.75 Å². The van der Waals surface area contributed by atoms with Crippen molar-refractivity contribution in [3.63, 3.8) is 0 Å². The molecule has 1 aliphatic rings. The monoisotopic (exact) mass is 494 g/mol. The lowest BCUT2D eigenvalue weighted by Crippen LogP contribution is -2.35. The van der Waals surface area contributed by atoms with E-state index in [1.54, 1.807) is 29.4 Å². The number of halogens is 1. The van der Waals surface area contributed by atoms with Gasteiger partial charge < -0.3 is 10.1 Å². The fraction of sp³-hybridized carbons (Fsp3) is 0.409. The topological polar surface area (TPSA) is 75.7 Å². The normalized spacial score (nSPS) is 15.1. The van der Waals surface area contributed by atoms with Crippen LogP contribution in [0.15, 0.2) is 39.7 Å². The number of amides is 1. The Balaban J connectivity index is 1.66. The summed E-state index contributed by atoms with van der Waals surface area (Å²) in [6.45, 7) is 6.61. The van der Waals surface area contributed by atoms with Crippen molar-refractivity contribution >= 4 is 37.5 Å². The molecule has 2 aromatic carbocycles. The molecule has 0 unspecified atom stereocenters. The van der Waals surface area contributed by atoms with Crippen molar-refractivity contribution in [1.82, 2.24) is 4.31 Å². The number of aryl methyl sites for hydroxylation is 3. The van der Waals surface area contributed by atoms with E-state index in [9.17, 15) is 13.2 Å². The van der Waals surface area contributed by atoms with Crippen LogP contribution >= 0.6 is 15.9 Å². The van der Waals surface area contributed by atoms with Crippen molar-refractivity contribution in [2.75, 3.05) is 25.0 Å². The van der Waals surface area contributed by atoms with Crippen LogP contribution in [0.4, 0.5) is 5.69 Å². The average Bonchev–Trinajstić information content (AvgIpc) is 2.70. The molecule has 1 aliphatic heterocycles. The van der Waals surface area contributed by atoms with Gasteiger partial charge in [0, 0.05) is 23.2 Å². The van der Waals surface area contributed by atoms with Gasteiger partial charge in [0.15, 0.2) is 6.61 Å². The molecule has 0 aromatic heterocycles. The SMILES string of the molecule is Cc1cc(S(=O)(=O)N2CCCCC2)ccc1OCC(=O)Nc1c(C)cc(Br)cc1C. The summed E-state index contributed by atoms with van der Waals surface area (Å²) in [5.74, 6) is 0.222. The Hall–Kier alpha value is -1.90. The van der Waals surface area contributed by atoms with E-state index in [-0.39, 0.29) is 17.4 Å². The first-order chi connectivity index (χ1) is 14.2. The third kappa shape index (κ3) is 5.22. The first-order valence-corrected chi connectivity index (χ1v) is 12.2. The molecule has 3 rings (SSSR count). The number of benzene rings is 2. The van der Waals surface area contributed by atoms with Crippen LogP contribution in [0.25, 0.3) is 0 Å². The molecule has 0 spiro atoms. The molecule has 1 saturated heterocycles. The second kappa shape index (κ2) is 9.49. The van der Waals surface area contributed by atoms with Gasteiger partial charge in [-0.1, -0.05) is 22.4 Å². The molecule has 1 N–H and O–H groups in total. The van der Waals surface area contributed by atoms with Gasteiger partial charge >= 0.3 is 0 Å². The Morgan fingerprint density at radius 2 is 1.67 bits per heavy atom. The Morgan fingerprint density at radius 1 is 1.03 bits per heavy atom. The van der Waals surface area contributed by atoms with E-state index in [0.29, 0.717) is 24.4 Å². The second-order valence-electron chi connectivity index (χ2n) is 7.64. The van der Waals surface area contributed by atoms with Crippen LogP contribution < -0.4 is 10.1 Å². The van der Waals surface area contributed by atoms with Crippen LogP contribution in [0.3, 0.4) is 0 Å². The number of nitrogens with one attached hydrogen (secondary N) is 1. The van der Waals surface area contributed by atoms with Crippen molar-refractivity contribution < 1.29 is 17.9 Å². The molecule has 8 heteroatoms. The molecule has 0 atom stereocenters. The number of ether oxygens (including phenoxy) is 1. The first-order valence-electron chi connectivity index (χ1n) is 9.98. The lowest BCUT2D eigenvalue weighted by molar-refractivity contribution is -0.118. The Kier molecular flexibility index (Phi) is 7.21. The van der Waals surface area contributed by atoms with E-state index in [1.165, 1.54) is 0 Å². The van der Waals surface area contributed by atoms with Gasteiger partial charge in [0.05, 0.1) is 4.90 Å². The number of hydrogen-bond donors (Lipinski definition) is 1. The van der Waals surface area contributed by atoms with Gasteiger partial charge in [0.2, 0.25) is 10.0 Å². The zero-order chi connectivity index (χ0) is 21.9. The second-order valence-corrected chi connectivity index (χ2v) is 10.5. The summed E-state index contributed by atoms with van der Waals surface area (Å²) in [4.78, 5) is 12.6. The highest BCUT2D eigenvalue weighted by Gasteiger charge is 2.26. The fourth-order valence-corrected chi connectivity index (χ4v) is 5.91. The Morgan fingerprint density at radius 3 is 2.27 bits per heavy atom. The van der Waals surface area contributed by atoms with Gasteiger partial charge in [-0.3, -0.25) is 4.79 Å². The van der Waals surface area contributed by atoms with E-state index in [4.69, 9.17) is 4.74 Å². The highest BCUT2D eigenvalue weighted by atomic mass is 79.9. The van der Waals surface area contributed by atoms with E-state index in [1.807, 2.05) is 26.0 Å². The number of carbonyl (C=O) groups excluding carboxylic acids is 1. The summed E-state index contributed by atoms with van der Waals surface area (Å²) in [5, 5.41) is 2.89. The largest absolute Gasteiger partial charge is 0.483 e. The maximum absolute atomic E-state index is 12.8. The van der Waals surface area contributed by atoms with E-state index in [2.05, 4.69) is 21.2 Å². The predicted molar refractivity (Wildman–Crippen MR) is 122 cm³/mol. The highest BCUT2D eigenvalue weighted by Crippen LogP contribution is 2.27. The molecular weight excluding hydrogens is 468 g/mol. The zero-order valence-corrected chi connectivity index (χ0v) is 19.9. The third-order valence-corrected chi connectivity index (χ3v) is 7.57. The van der Waals surface area contributed by atoms with Crippen molar-refractivity contribution in [3.8, 4) is 5.75 Å². The molecular formula is C22H27BrN2O4S.